The molecule has 0 aliphatic heterocycles. The van der Waals surface area contributed by atoms with Gasteiger partial charge in [-0.3, -0.25) is 9.78 Å². The molecule has 0 unspecified atom stereocenters. The molecule has 0 bridgehead atoms. The first kappa shape index (κ1) is 25.0. The summed E-state index contributed by atoms with van der Waals surface area (Å²) in [6, 6.07) is 7.71. The molecule has 8 nitrogen and oxygen atoms in total. The summed E-state index contributed by atoms with van der Waals surface area (Å²) in [5.74, 6) is 0.0455. The molecule has 0 saturated carbocycles. The number of aryl methyl sites for hydroxylation is 1. The van der Waals surface area contributed by atoms with Crippen molar-refractivity contribution in [1.82, 2.24) is 10.3 Å². The summed E-state index contributed by atoms with van der Waals surface area (Å²) in [7, 11) is 0. The van der Waals surface area contributed by atoms with Crippen molar-refractivity contribution in [3.8, 4) is 0 Å². The van der Waals surface area contributed by atoms with Gasteiger partial charge in [-0.1, -0.05) is 6.07 Å². The second kappa shape index (κ2) is 11.4. The highest BCUT2D eigenvalue weighted by atomic mass is 16.5. The molecule has 1 N–H and O–H groups in total. The van der Waals surface area contributed by atoms with Crippen molar-refractivity contribution < 1.29 is 18.7 Å². The third-order valence-electron chi connectivity index (χ3n) is 5.73. The van der Waals surface area contributed by atoms with Gasteiger partial charge in [-0.15, -0.1) is 0 Å². The molecule has 0 atom stereocenters. The lowest BCUT2D eigenvalue weighted by Gasteiger charge is -2.21. The van der Waals surface area contributed by atoms with Crippen LogP contribution < -0.4 is 15.8 Å². The fourth-order valence-electron chi connectivity index (χ4n) is 3.95. The predicted molar refractivity (Wildman–Crippen MR) is 131 cm³/mol. The average Bonchev–Trinajstić information content (AvgIpc) is 2.80. The first-order valence-corrected chi connectivity index (χ1v) is 11.5. The lowest BCUT2D eigenvalue weighted by Crippen LogP contribution is -2.25. The van der Waals surface area contributed by atoms with Gasteiger partial charge in [0.05, 0.1) is 6.61 Å². The first-order valence-electron chi connectivity index (χ1n) is 11.5. The maximum absolute atomic E-state index is 12.6. The summed E-state index contributed by atoms with van der Waals surface area (Å²) in [6.45, 7) is 9.56. The highest BCUT2D eigenvalue weighted by molar-refractivity contribution is 5.84. The molecule has 3 rings (SSSR count). The molecular formula is C26H31N3O5. The van der Waals surface area contributed by atoms with E-state index in [1.807, 2.05) is 31.2 Å². The Labute approximate surface area is 198 Å². The van der Waals surface area contributed by atoms with Gasteiger partial charge in [0.1, 0.15) is 11.4 Å². The quantitative estimate of drug-likeness (QED) is 0.453. The van der Waals surface area contributed by atoms with E-state index in [1.165, 1.54) is 6.92 Å². The van der Waals surface area contributed by atoms with Crippen LogP contribution in [-0.2, 0) is 28.9 Å². The number of anilines is 1. The van der Waals surface area contributed by atoms with E-state index in [1.54, 1.807) is 12.4 Å². The van der Waals surface area contributed by atoms with Gasteiger partial charge in [-0.05, 0) is 56.5 Å². The number of ketones is 1. The number of nitrogens with zero attached hydrogens (tertiary/aromatic N) is 2. The number of alkyl carbamates (subject to hydrolysis) is 1. The van der Waals surface area contributed by atoms with Crippen molar-refractivity contribution in [2.24, 2.45) is 0 Å². The molecule has 0 spiro atoms. The minimum absolute atomic E-state index is 0.0447. The minimum atomic E-state index is -0.594. The van der Waals surface area contributed by atoms with E-state index in [-0.39, 0.29) is 25.4 Å². The van der Waals surface area contributed by atoms with Gasteiger partial charge in [0.2, 0.25) is 0 Å². The fraction of sp³-hybridized carbons (Fsp3) is 0.385. The largest absolute Gasteiger partial charge is 0.449 e. The van der Waals surface area contributed by atoms with Gasteiger partial charge in [-0.2, -0.15) is 0 Å². The average molecular weight is 466 g/mol. The van der Waals surface area contributed by atoms with Crippen LogP contribution in [0.3, 0.4) is 0 Å². The van der Waals surface area contributed by atoms with Gasteiger partial charge in [0, 0.05) is 67.6 Å². The van der Waals surface area contributed by atoms with E-state index in [9.17, 15) is 14.4 Å². The Morgan fingerprint density at radius 3 is 2.56 bits per heavy atom. The Morgan fingerprint density at radius 1 is 1.12 bits per heavy atom. The van der Waals surface area contributed by atoms with Crippen molar-refractivity contribution in [2.45, 2.75) is 47.1 Å². The first-order chi connectivity index (χ1) is 16.3. The maximum atomic E-state index is 12.6. The van der Waals surface area contributed by atoms with Crippen LogP contribution in [-0.4, -0.2) is 36.6 Å². The monoisotopic (exact) mass is 465 g/mol. The smallest absolute Gasteiger partial charge is 0.407 e. The van der Waals surface area contributed by atoms with Crippen LogP contribution in [0.1, 0.15) is 43.0 Å². The molecular weight excluding hydrogens is 434 g/mol. The molecule has 0 aliphatic rings. The van der Waals surface area contributed by atoms with E-state index in [2.05, 4.69) is 29.0 Å². The van der Waals surface area contributed by atoms with E-state index < -0.39 is 11.7 Å². The van der Waals surface area contributed by atoms with E-state index in [4.69, 9.17) is 9.15 Å². The number of ether oxygens (including phenoxy) is 1. The molecule has 1 aromatic carbocycles. The van der Waals surface area contributed by atoms with Crippen LogP contribution in [0.2, 0.25) is 0 Å². The summed E-state index contributed by atoms with van der Waals surface area (Å²) < 4.78 is 10.8. The molecule has 2 heterocycles. The Balaban J connectivity index is 1.60. The van der Waals surface area contributed by atoms with Crippen molar-refractivity contribution >= 4 is 28.5 Å². The minimum Gasteiger partial charge on any atom is -0.449 e. The molecule has 8 heteroatoms. The zero-order chi connectivity index (χ0) is 24.7. The molecule has 0 fully saturated rings. The Kier molecular flexibility index (Phi) is 8.40. The van der Waals surface area contributed by atoms with E-state index >= 15 is 0 Å². The van der Waals surface area contributed by atoms with Crippen molar-refractivity contribution in [3.05, 3.63) is 69.3 Å². The number of hydrogen-bond acceptors (Lipinski definition) is 7. The number of carbonyl (C=O) groups is 2. The SMILES string of the molecule is CCN(CC)c1ccc2c(C)c(CCOC(=O)NCc3cncc(CC(C)=O)c3)c(=O)oc2c1. The van der Waals surface area contributed by atoms with Crippen LogP contribution in [0.25, 0.3) is 11.0 Å². The summed E-state index contributed by atoms with van der Waals surface area (Å²) in [5, 5.41) is 3.53. The third kappa shape index (κ3) is 6.21. The van der Waals surface area contributed by atoms with E-state index in [0.29, 0.717) is 17.6 Å². The molecule has 180 valence electrons. The number of fused-ring (bicyclic) bond motifs is 1. The summed E-state index contributed by atoms with van der Waals surface area (Å²) >= 11 is 0. The Hall–Kier alpha value is -3.68. The van der Waals surface area contributed by atoms with Crippen molar-refractivity contribution in [1.29, 1.82) is 0 Å². The van der Waals surface area contributed by atoms with Gasteiger partial charge >= 0.3 is 11.7 Å². The molecule has 1 amide bonds. The van der Waals surface area contributed by atoms with E-state index in [0.717, 1.165) is 40.9 Å². The van der Waals surface area contributed by atoms with Gasteiger partial charge in [-0.25, -0.2) is 9.59 Å². The number of nitrogens with one attached hydrogen (secondary N) is 1. The van der Waals surface area contributed by atoms with Gasteiger partial charge < -0.3 is 19.4 Å². The molecule has 34 heavy (non-hydrogen) atoms. The summed E-state index contributed by atoms with van der Waals surface area (Å²) in [5.41, 5.74) is 4.03. The number of carbonyl (C=O) groups excluding carboxylic acids is 2. The Morgan fingerprint density at radius 2 is 1.85 bits per heavy atom. The van der Waals surface area contributed by atoms with Crippen LogP contribution in [0.5, 0.6) is 0 Å². The molecule has 0 aliphatic carbocycles. The predicted octanol–water partition coefficient (Wildman–Crippen LogP) is 3.94. The number of pyridine rings is 1. The maximum Gasteiger partial charge on any atom is 0.407 e. The number of benzene rings is 1. The molecule has 0 saturated heterocycles. The fourth-order valence-corrected chi connectivity index (χ4v) is 3.95. The molecule has 0 radical (unpaired) electrons. The standard InChI is InChI=1S/C26H31N3O5/c1-5-29(6-2)21-7-8-22-18(4)23(25(31)34-24(22)13-21)9-10-33-26(32)28-16-20-12-19(11-17(3)30)14-27-15-20/h7-8,12-15H,5-6,9-11,16H2,1-4H3,(H,28,32). The summed E-state index contributed by atoms with van der Waals surface area (Å²) in [4.78, 5) is 42.2. The van der Waals surface area contributed by atoms with Gasteiger partial charge in [0.25, 0.3) is 0 Å². The van der Waals surface area contributed by atoms with Crippen molar-refractivity contribution in [2.75, 3.05) is 24.6 Å². The normalized spacial score (nSPS) is 10.8. The Bertz CT molecular complexity index is 1230. The number of amides is 1. The lowest BCUT2D eigenvalue weighted by molar-refractivity contribution is -0.116. The second-order valence-corrected chi connectivity index (χ2v) is 8.17. The zero-order valence-corrected chi connectivity index (χ0v) is 20.1. The molecule has 3 aromatic rings. The van der Waals surface area contributed by atoms with Crippen LogP contribution in [0.15, 0.2) is 45.9 Å². The highest BCUT2D eigenvalue weighted by Crippen LogP contribution is 2.25. The number of aromatic nitrogens is 1. The van der Waals surface area contributed by atoms with Crippen LogP contribution >= 0.6 is 0 Å². The van der Waals surface area contributed by atoms with Gasteiger partial charge in [0.15, 0.2) is 0 Å². The second-order valence-electron chi connectivity index (χ2n) is 8.17. The number of rotatable bonds is 10. The lowest BCUT2D eigenvalue weighted by atomic mass is 10.0. The molecule has 2 aromatic heterocycles. The zero-order valence-electron chi connectivity index (χ0n) is 20.1. The van der Waals surface area contributed by atoms with Crippen molar-refractivity contribution in [3.63, 3.8) is 0 Å². The van der Waals surface area contributed by atoms with Crippen LogP contribution in [0.4, 0.5) is 10.5 Å². The number of hydrogen-bond donors (Lipinski definition) is 1. The summed E-state index contributed by atoms with van der Waals surface area (Å²) in [6.07, 6.45) is 3.22. The van der Waals surface area contributed by atoms with Crippen LogP contribution in [0, 0.1) is 6.92 Å². The third-order valence-corrected chi connectivity index (χ3v) is 5.73. The highest BCUT2D eigenvalue weighted by Gasteiger charge is 2.14. The topological polar surface area (TPSA) is 102 Å². The number of Topliss-reactive ketones (excluding diaryl/α,β-unsaturated/α-hetero) is 1.